The molecule has 1 N–H and O–H groups in total. The molecule has 1 nitrogen and oxygen atoms in total. The zero-order valence-corrected chi connectivity index (χ0v) is 11.0. The summed E-state index contributed by atoms with van der Waals surface area (Å²) in [7, 11) is 0. The maximum atomic E-state index is 3.66. The van der Waals surface area contributed by atoms with Crippen molar-refractivity contribution in [2.45, 2.75) is 32.7 Å². The van der Waals surface area contributed by atoms with E-state index in [9.17, 15) is 0 Å². The Morgan fingerprint density at radius 2 is 1.56 bits per heavy atom. The predicted molar refractivity (Wildman–Crippen MR) is 77.2 cm³/mol. The first kappa shape index (κ1) is 11.3. The molecule has 2 aromatic carbocycles. The SMILES string of the molecule is Cc1ccc(NC2Cc3ccccc3C2)cc1C. The number of rotatable bonds is 2. The van der Waals surface area contributed by atoms with Gasteiger partial charge in [-0.05, 0) is 61.1 Å². The second-order valence-corrected chi connectivity index (χ2v) is 5.32. The van der Waals surface area contributed by atoms with E-state index in [0.29, 0.717) is 6.04 Å². The highest BCUT2D eigenvalue weighted by molar-refractivity contribution is 5.50. The van der Waals surface area contributed by atoms with Gasteiger partial charge in [0.15, 0.2) is 0 Å². The average molecular weight is 237 g/mol. The van der Waals surface area contributed by atoms with Crippen molar-refractivity contribution in [2.75, 3.05) is 5.32 Å². The van der Waals surface area contributed by atoms with Crippen LogP contribution < -0.4 is 5.32 Å². The van der Waals surface area contributed by atoms with E-state index in [-0.39, 0.29) is 0 Å². The summed E-state index contributed by atoms with van der Waals surface area (Å²) in [6.07, 6.45) is 2.28. The minimum absolute atomic E-state index is 0.546. The molecule has 1 aliphatic rings. The van der Waals surface area contributed by atoms with Crippen LogP contribution in [0.2, 0.25) is 0 Å². The van der Waals surface area contributed by atoms with Crippen LogP contribution in [0.25, 0.3) is 0 Å². The summed E-state index contributed by atoms with van der Waals surface area (Å²) < 4.78 is 0. The fourth-order valence-electron chi connectivity index (χ4n) is 2.73. The number of benzene rings is 2. The van der Waals surface area contributed by atoms with Crippen LogP contribution in [0, 0.1) is 13.8 Å². The molecule has 0 unspecified atom stereocenters. The molecule has 0 amide bonds. The first-order valence-corrected chi connectivity index (χ1v) is 6.63. The normalized spacial score (nSPS) is 14.6. The monoisotopic (exact) mass is 237 g/mol. The van der Waals surface area contributed by atoms with Gasteiger partial charge in [0.2, 0.25) is 0 Å². The molecule has 0 atom stereocenters. The fourth-order valence-corrected chi connectivity index (χ4v) is 2.73. The molecule has 92 valence electrons. The van der Waals surface area contributed by atoms with E-state index < -0.39 is 0 Å². The minimum Gasteiger partial charge on any atom is -0.382 e. The van der Waals surface area contributed by atoms with Gasteiger partial charge in [-0.3, -0.25) is 0 Å². The molecule has 0 bridgehead atoms. The maximum Gasteiger partial charge on any atom is 0.0345 e. The molecule has 0 saturated carbocycles. The molecule has 0 heterocycles. The van der Waals surface area contributed by atoms with Crippen molar-refractivity contribution in [3.05, 3.63) is 64.7 Å². The molecule has 0 fully saturated rings. The van der Waals surface area contributed by atoms with E-state index in [1.165, 1.54) is 27.9 Å². The molecular weight excluding hydrogens is 218 g/mol. The predicted octanol–water partition coefficient (Wildman–Crippen LogP) is 3.88. The van der Waals surface area contributed by atoms with Crippen molar-refractivity contribution in [3.8, 4) is 0 Å². The second-order valence-electron chi connectivity index (χ2n) is 5.32. The summed E-state index contributed by atoms with van der Waals surface area (Å²) in [5, 5.41) is 3.66. The van der Waals surface area contributed by atoms with Crippen LogP contribution in [0.5, 0.6) is 0 Å². The van der Waals surface area contributed by atoms with Gasteiger partial charge in [-0.25, -0.2) is 0 Å². The van der Waals surface area contributed by atoms with Crippen molar-refractivity contribution in [2.24, 2.45) is 0 Å². The highest BCUT2D eigenvalue weighted by Gasteiger charge is 2.20. The molecule has 0 radical (unpaired) electrons. The third kappa shape index (κ3) is 2.13. The van der Waals surface area contributed by atoms with Gasteiger partial charge in [0.05, 0.1) is 0 Å². The number of hydrogen-bond donors (Lipinski definition) is 1. The highest BCUT2D eigenvalue weighted by atomic mass is 14.9. The highest BCUT2D eigenvalue weighted by Crippen LogP contribution is 2.25. The van der Waals surface area contributed by atoms with Crippen molar-refractivity contribution < 1.29 is 0 Å². The Bertz CT molecular complexity index is 547. The van der Waals surface area contributed by atoms with Crippen LogP contribution in [-0.2, 0) is 12.8 Å². The molecule has 1 aliphatic carbocycles. The summed E-state index contributed by atoms with van der Waals surface area (Å²) >= 11 is 0. The minimum atomic E-state index is 0.546. The van der Waals surface area contributed by atoms with Crippen LogP contribution in [0.4, 0.5) is 5.69 Å². The quantitative estimate of drug-likeness (QED) is 0.835. The summed E-state index contributed by atoms with van der Waals surface area (Å²) in [5.41, 5.74) is 6.96. The first-order chi connectivity index (χ1) is 8.72. The fraction of sp³-hybridized carbons (Fsp3) is 0.294. The summed E-state index contributed by atoms with van der Waals surface area (Å²) in [4.78, 5) is 0. The Balaban J connectivity index is 1.74. The number of anilines is 1. The zero-order chi connectivity index (χ0) is 12.5. The van der Waals surface area contributed by atoms with Crippen LogP contribution in [0.15, 0.2) is 42.5 Å². The van der Waals surface area contributed by atoms with Crippen LogP contribution in [0.3, 0.4) is 0 Å². The van der Waals surface area contributed by atoms with Gasteiger partial charge in [-0.1, -0.05) is 30.3 Å². The largest absolute Gasteiger partial charge is 0.382 e. The third-order valence-electron chi connectivity index (χ3n) is 3.93. The van der Waals surface area contributed by atoms with Crippen molar-refractivity contribution in [3.63, 3.8) is 0 Å². The summed E-state index contributed by atoms with van der Waals surface area (Å²) in [5.74, 6) is 0. The average Bonchev–Trinajstić information content (AvgIpc) is 2.76. The Kier molecular flexibility index (Phi) is 2.83. The molecule has 0 aliphatic heterocycles. The van der Waals surface area contributed by atoms with Gasteiger partial charge in [-0.15, -0.1) is 0 Å². The lowest BCUT2D eigenvalue weighted by Gasteiger charge is -2.14. The van der Waals surface area contributed by atoms with Gasteiger partial charge in [-0.2, -0.15) is 0 Å². The van der Waals surface area contributed by atoms with Gasteiger partial charge in [0, 0.05) is 11.7 Å². The van der Waals surface area contributed by atoms with E-state index in [2.05, 4.69) is 61.6 Å². The smallest absolute Gasteiger partial charge is 0.0345 e. The second kappa shape index (κ2) is 4.49. The Labute approximate surface area is 109 Å². The lowest BCUT2D eigenvalue weighted by Crippen LogP contribution is -2.19. The molecule has 0 spiro atoms. The van der Waals surface area contributed by atoms with E-state index in [1.807, 2.05) is 0 Å². The summed E-state index contributed by atoms with van der Waals surface area (Å²) in [6.45, 7) is 4.33. The van der Waals surface area contributed by atoms with Gasteiger partial charge >= 0.3 is 0 Å². The number of hydrogen-bond acceptors (Lipinski definition) is 1. The molecule has 1 heteroatoms. The standard InChI is InChI=1S/C17H19N/c1-12-7-8-16(9-13(12)2)18-17-10-14-5-3-4-6-15(14)11-17/h3-9,17-18H,10-11H2,1-2H3. The van der Waals surface area contributed by atoms with Crippen molar-refractivity contribution >= 4 is 5.69 Å². The Morgan fingerprint density at radius 3 is 2.17 bits per heavy atom. The van der Waals surface area contributed by atoms with E-state index in [4.69, 9.17) is 0 Å². The lowest BCUT2D eigenvalue weighted by molar-refractivity contribution is 0.774. The van der Waals surface area contributed by atoms with Gasteiger partial charge < -0.3 is 5.32 Å². The zero-order valence-electron chi connectivity index (χ0n) is 11.0. The Hall–Kier alpha value is -1.76. The van der Waals surface area contributed by atoms with Crippen LogP contribution >= 0.6 is 0 Å². The molecule has 0 saturated heterocycles. The summed E-state index contributed by atoms with van der Waals surface area (Å²) in [6, 6.07) is 15.9. The maximum absolute atomic E-state index is 3.66. The number of nitrogens with one attached hydrogen (secondary N) is 1. The van der Waals surface area contributed by atoms with Gasteiger partial charge in [0.1, 0.15) is 0 Å². The third-order valence-corrected chi connectivity index (χ3v) is 3.93. The topological polar surface area (TPSA) is 12.0 Å². The van der Waals surface area contributed by atoms with Crippen molar-refractivity contribution in [1.29, 1.82) is 0 Å². The molecule has 3 rings (SSSR count). The van der Waals surface area contributed by atoms with Crippen LogP contribution in [-0.4, -0.2) is 6.04 Å². The molecule has 18 heavy (non-hydrogen) atoms. The molecular formula is C17H19N. The van der Waals surface area contributed by atoms with E-state index >= 15 is 0 Å². The van der Waals surface area contributed by atoms with E-state index in [1.54, 1.807) is 0 Å². The van der Waals surface area contributed by atoms with Crippen LogP contribution in [0.1, 0.15) is 22.3 Å². The lowest BCUT2D eigenvalue weighted by atomic mass is 10.1. The molecule has 2 aromatic rings. The first-order valence-electron chi connectivity index (χ1n) is 6.63. The van der Waals surface area contributed by atoms with E-state index in [0.717, 1.165) is 12.8 Å². The number of aryl methyl sites for hydroxylation is 2. The molecule has 0 aromatic heterocycles. The van der Waals surface area contributed by atoms with Gasteiger partial charge in [0.25, 0.3) is 0 Å². The number of fused-ring (bicyclic) bond motifs is 1. The Morgan fingerprint density at radius 1 is 0.889 bits per heavy atom. The van der Waals surface area contributed by atoms with Crippen molar-refractivity contribution in [1.82, 2.24) is 0 Å².